The molecule has 0 unspecified atom stereocenters. The maximum absolute atomic E-state index is 13.0. The van der Waals surface area contributed by atoms with Crippen LogP contribution in [-0.2, 0) is 9.47 Å². The van der Waals surface area contributed by atoms with Gasteiger partial charge in [-0.3, -0.25) is 0 Å². The van der Waals surface area contributed by atoms with Crippen LogP contribution in [-0.4, -0.2) is 25.5 Å². The summed E-state index contributed by atoms with van der Waals surface area (Å²) in [5.41, 5.74) is 4.86. The van der Waals surface area contributed by atoms with Gasteiger partial charge in [0, 0.05) is 0 Å². The Morgan fingerprint density at radius 1 is 1.33 bits per heavy atom. The van der Waals surface area contributed by atoms with E-state index in [2.05, 4.69) is 9.47 Å². The molecule has 0 spiro atoms. The van der Waals surface area contributed by atoms with Crippen LogP contribution in [0.3, 0.4) is 0 Å². The first kappa shape index (κ1) is 14.2. The van der Waals surface area contributed by atoms with Crippen LogP contribution in [0.25, 0.3) is 0 Å². The topological polar surface area (TPSA) is 61.6 Å². The lowest BCUT2D eigenvalue weighted by Crippen LogP contribution is -2.19. The molecule has 0 aliphatic rings. The quantitative estimate of drug-likeness (QED) is 0.298. The lowest BCUT2D eigenvalue weighted by molar-refractivity contribution is -0.190. The number of nitrogens with two attached hydrogens (primary N) is 1. The Labute approximate surface area is 99.3 Å². The summed E-state index contributed by atoms with van der Waals surface area (Å²) in [6.07, 6.45) is -4.50. The van der Waals surface area contributed by atoms with Crippen LogP contribution in [0, 0.1) is 5.82 Å². The first-order chi connectivity index (χ1) is 8.29. The maximum atomic E-state index is 13.0. The van der Waals surface area contributed by atoms with Gasteiger partial charge >= 0.3 is 12.1 Å². The van der Waals surface area contributed by atoms with Crippen molar-refractivity contribution >= 4 is 11.7 Å². The second-order valence-electron chi connectivity index (χ2n) is 3.25. The van der Waals surface area contributed by atoms with Crippen molar-refractivity contribution in [3.8, 4) is 0 Å². The van der Waals surface area contributed by atoms with Crippen molar-refractivity contribution < 1.29 is 31.8 Å². The van der Waals surface area contributed by atoms with Crippen LogP contribution in [0.15, 0.2) is 18.2 Å². The number of alkyl halides is 3. The minimum atomic E-state index is -4.50. The van der Waals surface area contributed by atoms with Gasteiger partial charge in [-0.1, -0.05) is 0 Å². The Morgan fingerprint density at radius 3 is 2.56 bits per heavy atom. The number of rotatable bonds is 4. The van der Waals surface area contributed by atoms with Crippen molar-refractivity contribution in [2.45, 2.75) is 6.18 Å². The zero-order valence-electron chi connectivity index (χ0n) is 8.96. The number of hydrogen-bond acceptors (Lipinski definition) is 4. The number of hydrogen-bond donors (Lipinski definition) is 1. The zero-order chi connectivity index (χ0) is 13.8. The van der Waals surface area contributed by atoms with Crippen molar-refractivity contribution in [2.75, 3.05) is 19.1 Å². The zero-order valence-corrected chi connectivity index (χ0v) is 8.96. The minimum Gasteiger partial charge on any atom is -0.435 e. The van der Waals surface area contributed by atoms with E-state index >= 15 is 0 Å². The van der Waals surface area contributed by atoms with E-state index in [1.807, 2.05) is 0 Å². The highest BCUT2D eigenvalue weighted by Crippen LogP contribution is 2.15. The van der Waals surface area contributed by atoms with E-state index in [4.69, 9.17) is 5.73 Å². The van der Waals surface area contributed by atoms with E-state index in [9.17, 15) is 22.4 Å². The molecule has 0 saturated carbocycles. The highest BCUT2D eigenvalue weighted by molar-refractivity contribution is 5.89. The first-order valence-electron chi connectivity index (χ1n) is 4.66. The number of benzene rings is 1. The molecule has 0 saturated heterocycles. The molecule has 0 bridgehead atoms. The van der Waals surface area contributed by atoms with E-state index in [0.29, 0.717) is 0 Å². The third kappa shape index (κ3) is 4.58. The van der Waals surface area contributed by atoms with Crippen LogP contribution in [0.5, 0.6) is 0 Å². The van der Waals surface area contributed by atoms with Crippen molar-refractivity contribution in [1.29, 1.82) is 0 Å². The molecule has 2 N–H and O–H groups in total. The summed E-state index contributed by atoms with van der Waals surface area (Å²) in [5, 5.41) is 0. The summed E-state index contributed by atoms with van der Waals surface area (Å²) in [4.78, 5) is 11.2. The average molecular weight is 267 g/mol. The van der Waals surface area contributed by atoms with Crippen molar-refractivity contribution in [2.24, 2.45) is 0 Å². The highest BCUT2D eigenvalue weighted by Gasteiger charge is 2.27. The Balaban J connectivity index is 2.43. The van der Waals surface area contributed by atoms with Gasteiger partial charge in [-0.2, -0.15) is 13.2 Å². The number of nitrogen functional groups attached to an aromatic ring is 1. The molecule has 1 aromatic rings. The Kier molecular flexibility index (Phi) is 4.49. The lowest BCUT2D eigenvalue weighted by Gasteiger charge is -2.08. The molecule has 100 valence electrons. The average Bonchev–Trinajstić information content (AvgIpc) is 2.26. The molecule has 0 aliphatic heterocycles. The number of ether oxygens (including phenoxy) is 2. The number of carbonyl (C=O) groups excluding carboxylic acids is 1. The standard InChI is InChI=1S/C10H9F4NO3/c11-7-3-6(1-2-8(7)15)9(16)18-5-17-4-10(12,13)14/h1-3H,4-5,15H2. The molecule has 0 aliphatic carbocycles. The number of halogens is 4. The molecule has 0 fully saturated rings. The summed E-state index contributed by atoms with van der Waals surface area (Å²) >= 11 is 0. The van der Waals surface area contributed by atoms with Crippen molar-refractivity contribution in [3.05, 3.63) is 29.6 Å². The Bertz CT molecular complexity index is 434. The monoisotopic (exact) mass is 267 g/mol. The van der Waals surface area contributed by atoms with Gasteiger partial charge in [-0.25, -0.2) is 9.18 Å². The second-order valence-corrected chi connectivity index (χ2v) is 3.25. The summed E-state index contributed by atoms with van der Waals surface area (Å²) in [7, 11) is 0. The summed E-state index contributed by atoms with van der Waals surface area (Å²) in [6, 6.07) is 3.15. The van der Waals surface area contributed by atoms with Crippen LogP contribution in [0.2, 0.25) is 0 Å². The maximum Gasteiger partial charge on any atom is 0.411 e. The molecule has 8 heteroatoms. The van der Waals surface area contributed by atoms with Crippen LogP contribution in [0.1, 0.15) is 10.4 Å². The van der Waals surface area contributed by atoms with E-state index in [1.165, 1.54) is 6.07 Å². The van der Waals surface area contributed by atoms with Crippen LogP contribution < -0.4 is 5.73 Å². The predicted octanol–water partition coefficient (Wildman–Crippen LogP) is 2.10. The predicted molar refractivity (Wildman–Crippen MR) is 53.1 cm³/mol. The molecular weight excluding hydrogens is 258 g/mol. The second kappa shape index (κ2) is 5.67. The van der Waals surface area contributed by atoms with E-state index < -0.39 is 31.4 Å². The van der Waals surface area contributed by atoms with E-state index in [-0.39, 0.29) is 11.3 Å². The number of esters is 1. The third-order valence-electron chi connectivity index (χ3n) is 1.78. The van der Waals surface area contributed by atoms with Gasteiger partial charge in [0.25, 0.3) is 0 Å². The van der Waals surface area contributed by atoms with Gasteiger partial charge in [0.2, 0.25) is 0 Å². The van der Waals surface area contributed by atoms with Gasteiger partial charge < -0.3 is 15.2 Å². The fraction of sp³-hybridized carbons (Fsp3) is 0.300. The van der Waals surface area contributed by atoms with Gasteiger partial charge in [0.15, 0.2) is 6.79 Å². The molecule has 0 aromatic heterocycles. The number of anilines is 1. The lowest BCUT2D eigenvalue weighted by atomic mass is 10.2. The summed E-state index contributed by atoms with van der Waals surface area (Å²) in [5.74, 6) is -1.82. The smallest absolute Gasteiger partial charge is 0.411 e. The third-order valence-corrected chi connectivity index (χ3v) is 1.78. The van der Waals surface area contributed by atoms with Crippen molar-refractivity contribution in [1.82, 2.24) is 0 Å². The summed E-state index contributed by atoms with van der Waals surface area (Å²) in [6.45, 7) is -2.40. The van der Waals surface area contributed by atoms with Gasteiger partial charge in [0.05, 0.1) is 11.3 Å². The summed E-state index contributed by atoms with van der Waals surface area (Å²) < 4.78 is 56.4. The molecule has 0 radical (unpaired) electrons. The molecular formula is C10H9F4NO3. The molecule has 1 rings (SSSR count). The van der Waals surface area contributed by atoms with Gasteiger partial charge in [-0.05, 0) is 18.2 Å². The molecule has 4 nitrogen and oxygen atoms in total. The van der Waals surface area contributed by atoms with Gasteiger partial charge in [-0.15, -0.1) is 0 Å². The van der Waals surface area contributed by atoms with E-state index in [0.717, 1.165) is 12.1 Å². The van der Waals surface area contributed by atoms with E-state index in [1.54, 1.807) is 0 Å². The highest BCUT2D eigenvalue weighted by atomic mass is 19.4. The molecule has 0 heterocycles. The SMILES string of the molecule is Nc1ccc(C(=O)OCOCC(F)(F)F)cc1F. The Morgan fingerprint density at radius 2 is 2.00 bits per heavy atom. The van der Waals surface area contributed by atoms with Crippen LogP contribution >= 0.6 is 0 Å². The Hall–Kier alpha value is -1.83. The molecule has 1 aromatic carbocycles. The largest absolute Gasteiger partial charge is 0.435 e. The fourth-order valence-corrected chi connectivity index (χ4v) is 0.990. The van der Waals surface area contributed by atoms with Crippen molar-refractivity contribution in [3.63, 3.8) is 0 Å². The molecule has 0 amide bonds. The van der Waals surface area contributed by atoms with Crippen LogP contribution in [0.4, 0.5) is 23.2 Å². The molecule has 18 heavy (non-hydrogen) atoms. The first-order valence-corrected chi connectivity index (χ1v) is 4.66. The van der Waals surface area contributed by atoms with Gasteiger partial charge in [0.1, 0.15) is 12.4 Å². The number of carbonyl (C=O) groups is 1. The normalized spacial score (nSPS) is 11.3. The molecule has 0 atom stereocenters. The fourth-order valence-electron chi connectivity index (χ4n) is 0.990. The minimum absolute atomic E-state index is 0.153.